The van der Waals surface area contributed by atoms with Crippen LogP contribution in [0.3, 0.4) is 0 Å². The number of ether oxygens (including phenoxy) is 2. The molecule has 1 rings (SSSR count). The smallest absolute Gasteiger partial charge is 0.176 e. The molecule has 1 aromatic carbocycles. The molecule has 0 amide bonds. The molecule has 0 aliphatic carbocycles. The van der Waals surface area contributed by atoms with E-state index in [1.165, 1.54) is 11.1 Å². The molecule has 1 N–H and O–H groups in total. The molecule has 0 heterocycles. The molecule has 0 saturated carbocycles. The summed E-state index contributed by atoms with van der Waals surface area (Å²) in [6.45, 7) is 12.8. The van der Waals surface area contributed by atoms with Gasteiger partial charge in [-0.05, 0) is 43.9 Å². The van der Waals surface area contributed by atoms with Gasteiger partial charge in [0.1, 0.15) is 0 Å². The fraction of sp³-hybridized carbons (Fsp3) is 0.667. The van der Waals surface area contributed by atoms with Gasteiger partial charge in [-0.3, -0.25) is 0 Å². The van der Waals surface area contributed by atoms with Crippen molar-refractivity contribution in [1.82, 2.24) is 5.32 Å². The minimum atomic E-state index is -0.241. The maximum Gasteiger partial charge on any atom is 0.176 e. The van der Waals surface area contributed by atoms with E-state index < -0.39 is 0 Å². The van der Waals surface area contributed by atoms with Gasteiger partial charge >= 0.3 is 0 Å². The van der Waals surface area contributed by atoms with Crippen molar-refractivity contribution in [3.05, 3.63) is 35.4 Å². The van der Waals surface area contributed by atoms with E-state index in [4.69, 9.17) is 9.47 Å². The Kier molecular flexibility index (Phi) is 8.58. The van der Waals surface area contributed by atoms with E-state index in [0.29, 0.717) is 19.1 Å². The Hall–Kier alpha value is -0.900. The highest BCUT2D eigenvalue weighted by Crippen LogP contribution is 2.22. The maximum atomic E-state index is 5.79. The average Bonchev–Trinajstić information content (AvgIpc) is 2.44. The van der Waals surface area contributed by atoms with Crippen molar-refractivity contribution in [1.29, 1.82) is 0 Å². The number of hydrogen-bond acceptors (Lipinski definition) is 3. The van der Waals surface area contributed by atoms with Crippen molar-refractivity contribution >= 4 is 0 Å². The topological polar surface area (TPSA) is 30.5 Å². The molecule has 0 aliphatic rings. The maximum absolute atomic E-state index is 5.79. The molecule has 120 valence electrons. The van der Waals surface area contributed by atoms with Crippen LogP contribution in [-0.4, -0.2) is 26.0 Å². The van der Waals surface area contributed by atoms with Crippen molar-refractivity contribution < 1.29 is 9.47 Å². The van der Waals surface area contributed by atoms with E-state index in [1.807, 2.05) is 13.8 Å². The van der Waals surface area contributed by atoms with Gasteiger partial charge in [-0.1, -0.05) is 45.0 Å². The molecule has 1 atom stereocenters. The van der Waals surface area contributed by atoms with Crippen LogP contribution < -0.4 is 5.32 Å². The van der Waals surface area contributed by atoms with Gasteiger partial charge in [-0.15, -0.1) is 0 Å². The van der Waals surface area contributed by atoms with Gasteiger partial charge in [0.15, 0.2) is 6.29 Å². The summed E-state index contributed by atoms with van der Waals surface area (Å²) in [5.41, 5.74) is 2.61. The largest absolute Gasteiger partial charge is 0.351 e. The fourth-order valence-corrected chi connectivity index (χ4v) is 2.55. The minimum Gasteiger partial charge on any atom is -0.351 e. The summed E-state index contributed by atoms with van der Waals surface area (Å²) in [6, 6.07) is 8.83. The van der Waals surface area contributed by atoms with E-state index in [9.17, 15) is 0 Å². The van der Waals surface area contributed by atoms with Crippen LogP contribution in [0.2, 0.25) is 0 Å². The number of hydrogen-bond donors (Lipinski definition) is 1. The standard InChI is InChI=1S/C18H31NO2/c1-6-19-17(18(20-7-2)21-8-3)16-11-9-10-15(13-16)12-14(4)5/h9-11,13-14,17-19H,6-8,12H2,1-5H3. The highest BCUT2D eigenvalue weighted by atomic mass is 16.7. The Morgan fingerprint density at radius 3 is 2.24 bits per heavy atom. The highest BCUT2D eigenvalue weighted by molar-refractivity contribution is 5.27. The molecule has 21 heavy (non-hydrogen) atoms. The highest BCUT2D eigenvalue weighted by Gasteiger charge is 2.23. The quantitative estimate of drug-likeness (QED) is 0.663. The first-order valence-electron chi connectivity index (χ1n) is 8.17. The lowest BCUT2D eigenvalue weighted by Gasteiger charge is -2.28. The predicted molar refractivity (Wildman–Crippen MR) is 88.4 cm³/mol. The Bertz CT molecular complexity index is 387. The van der Waals surface area contributed by atoms with Crippen LogP contribution in [0.4, 0.5) is 0 Å². The van der Waals surface area contributed by atoms with E-state index >= 15 is 0 Å². The molecule has 0 radical (unpaired) electrons. The van der Waals surface area contributed by atoms with Crippen LogP contribution in [0.25, 0.3) is 0 Å². The number of rotatable bonds is 10. The van der Waals surface area contributed by atoms with Gasteiger partial charge in [-0.25, -0.2) is 0 Å². The van der Waals surface area contributed by atoms with Gasteiger partial charge in [0, 0.05) is 13.2 Å². The van der Waals surface area contributed by atoms with Crippen LogP contribution in [-0.2, 0) is 15.9 Å². The number of benzene rings is 1. The van der Waals surface area contributed by atoms with Crippen LogP contribution in [0.5, 0.6) is 0 Å². The molecule has 0 aromatic heterocycles. The van der Waals surface area contributed by atoms with Gasteiger partial charge < -0.3 is 14.8 Å². The Morgan fingerprint density at radius 1 is 1.05 bits per heavy atom. The van der Waals surface area contributed by atoms with Crippen molar-refractivity contribution in [2.24, 2.45) is 5.92 Å². The zero-order valence-electron chi connectivity index (χ0n) is 14.2. The lowest BCUT2D eigenvalue weighted by Crippen LogP contribution is -2.36. The van der Waals surface area contributed by atoms with Crippen LogP contribution in [0, 0.1) is 5.92 Å². The Morgan fingerprint density at radius 2 is 1.71 bits per heavy atom. The summed E-state index contributed by atoms with van der Waals surface area (Å²) in [5, 5.41) is 3.50. The monoisotopic (exact) mass is 293 g/mol. The van der Waals surface area contributed by atoms with E-state index in [0.717, 1.165) is 13.0 Å². The van der Waals surface area contributed by atoms with Crippen molar-refractivity contribution in [3.63, 3.8) is 0 Å². The molecule has 0 saturated heterocycles. The molecular weight excluding hydrogens is 262 g/mol. The van der Waals surface area contributed by atoms with Crippen molar-refractivity contribution in [2.45, 2.75) is 53.4 Å². The molecule has 3 heteroatoms. The fourth-order valence-electron chi connectivity index (χ4n) is 2.55. The van der Waals surface area contributed by atoms with Crippen LogP contribution >= 0.6 is 0 Å². The zero-order chi connectivity index (χ0) is 15.7. The number of nitrogens with one attached hydrogen (secondary N) is 1. The first-order chi connectivity index (χ1) is 10.1. The van der Waals surface area contributed by atoms with Gasteiger partial charge in [-0.2, -0.15) is 0 Å². The predicted octanol–water partition coefficient (Wildman–Crippen LogP) is 3.93. The summed E-state index contributed by atoms with van der Waals surface area (Å²) >= 11 is 0. The second-order valence-corrected chi connectivity index (χ2v) is 5.66. The van der Waals surface area contributed by atoms with E-state index in [2.05, 4.69) is 50.4 Å². The van der Waals surface area contributed by atoms with Crippen molar-refractivity contribution in [2.75, 3.05) is 19.8 Å². The first-order valence-corrected chi connectivity index (χ1v) is 8.17. The first kappa shape index (κ1) is 18.1. The molecule has 0 fully saturated rings. The Labute approximate surface area is 130 Å². The van der Waals surface area contributed by atoms with E-state index in [-0.39, 0.29) is 12.3 Å². The summed E-state index contributed by atoms with van der Waals surface area (Å²) < 4.78 is 11.6. The second kappa shape index (κ2) is 9.93. The summed E-state index contributed by atoms with van der Waals surface area (Å²) in [7, 11) is 0. The third-order valence-electron chi connectivity index (χ3n) is 3.31. The van der Waals surface area contributed by atoms with Crippen molar-refractivity contribution in [3.8, 4) is 0 Å². The summed E-state index contributed by atoms with van der Waals surface area (Å²) in [6.07, 6.45) is 0.856. The van der Waals surface area contributed by atoms with E-state index in [1.54, 1.807) is 0 Å². The Balaban J connectivity index is 2.96. The van der Waals surface area contributed by atoms with Gasteiger partial charge in [0.25, 0.3) is 0 Å². The summed E-state index contributed by atoms with van der Waals surface area (Å²) in [5.74, 6) is 0.660. The average molecular weight is 293 g/mol. The van der Waals surface area contributed by atoms with Crippen LogP contribution in [0.15, 0.2) is 24.3 Å². The summed E-state index contributed by atoms with van der Waals surface area (Å²) in [4.78, 5) is 0. The van der Waals surface area contributed by atoms with Gasteiger partial charge in [0.2, 0.25) is 0 Å². The third-order valence-corrected chi connectivity index (χ3v) is 3.31. The molecule has 0 aliphatic heterocycles. The second-order valence-electron chi connectivity index (χ2n) is 5.66. The minimum absolute atomic E-state index is 0.0713. The molecule has 0 bridgehead atoms. The molecule has 3 nitrogen and oxygen atoms in total. The normalized spacial score (nSPS) is 13.1. The molecular formula is C18H31NO2. The molecule has 0 spiro atoms. The lowest BCUT2D eigenvalue weighted by molar-refractivity contribution is -0.155. The molecule has 1 unspecified atom stereocenters. The lowest BCUT2D eigenvalue weighted by atomic mass is 9.98. The van der Waals surface area contributed by atoms with Crippen LogP contribution in [0.1, 0.15) is 51.8 Å². The zero-order valence-corrected chi connectivity index (χ0v) is 14.2. The third kappa shape index (κ3) is 6.16. The van der Waals surface area contributed by atoms with Gasteiger partial charge in [0.05, 0.1) is 6.04 Å². The SMILES string of the molecule is CCNC(c1cccc(CC(C)C)c1)C(OCC)OCC. The number of likely N-dealkylation sites (N-methyl/N-ethyl adjacent to an activating group) is 1. The molecule has 1 aromatic rings.